The van der Waals surface area contributed by atoms with Crippen LogP contribution in [0.15, 0.2) is 0 Å². The highest BCUT2D eigenvalue weighted by Gasteiger charge is 1.81. The van der Waals surface area contributed by atoms with E-state index < -0.39 is 8.25 Å². The van der Waals surface area contributed by atoms with E-state index in [0.29, 0.717) is 0 Å². The van der Waals surface area contributed by atoms with Gasteiger partial charge in [-0.15, -0.1) is 0 Å². The lowest BCUT2D eigenvalue weighted by Gasteiger charge is -1.86. The normalized spacial score (nSPS) is 16.3. The molecule has 2 atom stereocenters. The highest BCUT2D eigenvalue weighted by molar-refractivity contribution is 7.45. The molecule has 2 unspecified atom stereocenters. The summed E-state index contributed by atoms with van der Waals surface area (Å²) < 4.78 is 13.7. The summed E-state index contributed by atoms with van der Waals surface area (Å²) in [6.07, 6.45) is 0. The highest BCUT2D eigenvalue weighted by atomic mass is 31.2. The van der Waals surface area contributed by atoms with E-state index in [1.165, 1.54) is 0 Å². The second-order valence-electron chi connectivity index (χ2n) is 0.572. The first-order chi connectivity index (χ1) is 2.77. The van der Waals surface area contributed by atoms with Gasteiger partial charge in [-0.2, -0.15) is 0 Å². The summed E-state index contributed by atoms with van der Waals surface area (Å²) in [6, 6.07) is 0. The molecule has 0 spiro atoms. The van der Waals surface area contributed by atoms with E-state index in [-0.39, 0.29) is 8.81 Å². The minimum Gasteiger partial charge on any atom is -0.326 e. The Bertz CT molecular complexity index is 52.8. The van der Waals surface area contributed by atoms with Crippen LogP contribution in [0.5, 0.6) is 0 Å². The average molecular weight is 128 g/mol. The van der Waals surface area contributed by atoms with Crippen LogP contribution in [0, 0.1) is 0 Å². The second-order valence-corrected chi connectivity index (χ2v) is 2.33. The molecule has 3 nitrogen and oxygen atoms in total. The van der Waals surface area contributed by atoms with Gasteiger partial charge in [-0.1, -0.05) is 0 Å². The summed E-state index contributed by atoms with van der Waals surface area (Å²) in [5.74, 6) is 0. The highest BCUT2D eigenvalue weighted by Crippen LogP contribution is 2.25. The molecule has 0 aromatic heterocycles. The standard InChI is InChI=1S/CH6O3P2/c1-5-4-6(2)3/h5-6H,1H3,(H,2,3). The van der Waals surface area contributed by atoms with Gasteiger partial charge in [0.25, 0.3) is 0 Å². The van der Waals surface area contributed by atoms with Gasteiger partial charge >= 0.3 is 8.25 Å². The van der Waals surface area contributed by atoms with Crippen molar-refractivity contribution >= 4 is 17.1 Å². The SMILES string of the molecule is CPO[PH](=O)O. The van der Waals surface area contributed by atoms with Crippen molar-refractivity contribution in [1.82, 2.24) is 0 Å². The van der Waals surface area contributed by atoms with Gasteiger partial charge in [0, 0.05) is 8.81 Å². The maximum atomic E-state index is 9.57. The first-order valence-corrected chi connectivity index (χ1v) is 4.01. The molecule has 0 fully saturated rings. The molecule has 38 valence electrons. The predicted octanol–water partition coefficient (Wildman–Crippen LogP) is 0.608. The monoisotopic (exact) mass is 128 g/mol. The first kappa shape index (κ1) is 6.58. The predicted molar refractivity (Wildman–Crippen MR) is 26.5 cm³/mol. The maximum Gasteiger partial charge on any atom is 0.319 e. The van der Waals surface area contributed by atoms with Gasteiger partial charge in [0.1, 0.15) is 0 Å². The fraction of sp³-hybridized carbons (Fsp3) is 1.00. The lowest BCUT2D eigenvalue weighted by molar-refractivity contribution is 0.430. The second kappa shape index (κ2) is 3.76. The Labute approximate surface area is 38.5 Å². The summed E-state index contributed by atoms with van der Waals surface area (Å²) in [4.78, 5) is 7.88. The van der Waals surface area contributed by atoms with E-state index in [0.717, 1.165) is 0 Å². The lowest BCUT2D eigenvalue weighted by Crippen LogP contribution is -1.52. The third-order valence-electron chi connectivity index (χ3n) is 0.189. The lowest BCUT2D eigenvalue weighted by atomic mass is 12.0. The smallest absolute Gasteiger partial charge is 0.319 e. The van der Waals surface area contributed by atoms with Crippen molar-refractivity contribution in [2.75, 3.05) is 6.66 Å². The van der Waals surface area contributed by atoms with Crippen molar-refractivity contribution < 1.29 is 13.8 Å². The molecule has 0 radical (unpaired) electrons. The maximum absolute atomic E-state index is 9.57. The minimum absolute atomic E-state index is 0.121. The fourth-order valence-corrected chi connectivity index (χ4v) is 0.786. The Balaban J connectivity index is 2.83. The molecule has 6 heavy (non-hydrogen) atoms. The van der Waals surface area contributed by atoms with Crippen LogP contribution in [0.25, 0.3) is 0 Å². The topological polar surface area (TPSA) is 46.5 Å². The van der Waals surface area contributed by atoms with Crippen molar-refractivity contribution in [3.05, 3.63) is 0 Å². The molecule has 0 amide bonds. The molecule has 0 aliphatic carbocycles. The summed E-state index contributed by atoms with van der Waals surface area (Å²) in [7, 11) is -2.50. The van der Waals surface area contributed by atoms with Crippen molar-refractivity contribution in [2.24, 2.45) is 0 Å². The van der Waals surface area contributed by atoms with Crippen LogP contribution in [0.3, 0.4) is 0 Å². The zero-order valence-electron chi connectivity index (χ0n) is 3.26. The number of rotatable bonds is 2. The Hall–Kier alpha value is 0.580. The van der Waals surface area contributed by atoms with Crippen LogP contribution in [0.1, 0.15) is 0 Å². The summed E-state index contributed by atoms with van der Waals surface area (Å²) in [6.45, 7) is 1.69. The largest absolute Gasteiger partial charge is 0.326 e. The van der Waals surface area contributed by atoms with Crippen molar-refractivity contribution in [2.45, 2.75) is 0 Å². The van der Waals surface area contributed by atoms with Crippen molar-refractivity contribution in [3.8, 4) is 0 Å². The molecule has 0 aromatic carbocycles. The molecule has 0 aliphatic rings. The van der Waals surface area contributed by atoms with Crippen LogP contribution >= 0.6 is 17.1 Å². The van der Waals surface area contributed by atoms with Crippen molar-refractivity contribution in [1.29, 1.82) is 0 Å². The summed E-state index contributed by atoms with van der Waals surface area (Å²) in [5, 5.41) is 0. The van der Waals surface area contributed by atoms with E-state index in [4.69, 9.17) is 4.89 Å². The number of hydrogen-bond acceptors (Lipinski definition) is 2. The first-order valence-electron chi connectivity index (χ1n) is 1.34. The molecule has 0 aromatic rings. The number of hydrogen-bond donors (Lipinski definition) is 1. The van der Waals surface area contributed by atoms with Gasteiger partial charge < -0.3 is 4.89 Å². The molecule has 0 heterocycles. The van der Waals surface area contributed by atoms with Crippen LogP contribution < -0.4 is 0 Å². The van der Waals surface area contributed by atoms with E-state index in [9.17, 15) is 4.57 Å². The molecule has 1 N–H and O–H groups in total. The van der Waals surface area contributed by atoms with E-state index in [1.807, 2.05) is 0 Å². The fourth-order valence-electron chi connectivity index (χ4n) is 0.0873. The molecule has 0 saturated carbocycles. The zero-order valence-corrected chi connectivity index (χ0v) is 5.26. The minimum atomic E-state index is -2.62. The van der Waals surface area contributed by atoms with Gasteiger partial charge in [-0.25, -0.2) is 0 Å². The van der Waals surface area contributed by atoms with Gasteiger partial charge in [0.05, 0.1) is 0 Å². The quantitative estimate of drug-likeness (QED) is 0.554. The van der Waals surface area contributed by atoms with E-state index >= 15 is 0 Å². The third-order valence-corrected chi connectivity index (χ3v) is 1.70. The molecule has 0 rings (SSSR count). The Kier molecular flexibility index (Phi) is 4.12. The van der Waals surface area contributed by atoms with Gasteiger partial charge in [0.2, 0.25) is 0 Å². The van der Waals surface area contributed by atoms with Crippen LogP contribution in [-0.2, 0) is 8.88 Å². The van der Waals surface area contributed by atoms with Crippen molar-refractivity contribution in [3.63, 3.8) is 0 Å². The molecule has 5 heteroatoms. The Morgan fingerprint density at radius 1 is 2.00 bits per heavy atom. The van der Waals surface area contributed by atoms with E-state index in [1.54, 1.807) is 6.66 Å². The van der Waals surface area contributed by atoms with Crippen LogP contribution in [0.2, 0.25) is 0 Å². The Morgan fingerprint density at radius 2 is 2.50 bits per heavy atom. The molecular weight excluding hydrogens is 122 g/mol. The summed E-state index contributed by atoms with van der Waals surface area (Å²) >= 11 is 0. The van der Waals surface area contributed by atoms with Crippen LogP contribution in [-0.4, -0.2) is 11.6 Å². The Morgan fingerprint density at radius 3 is 2.50 bits per heavy atom. The summed E-state index contributed by atoms with van der Waals surface area (Å²) in [5.41, 5.74) is 0. The molecule has 0 aliphatic heterocycles. The van der Waals surface area contributed by atoms with Crippen LogP contribution in [0.4, 0.5) is 0 Å². The molecule has 0 bridgehead atoms. The third kappa shape index (κ3) is 4.58. The average Bonchev–Trinajstić information content (AvgIpc) is 1.35. The van der Waals surface area contributed by atoms with E-state index in [2.05, 4.69) is 4.31 Å². The zero-order chi connectivity index (χ0) is 4.99. The molecule has 0 saturated heterocycles. The van der Waals surface area contributed by atoms with Gasteiger partial charge in [-0.05, 0) is 6.66 Å². The van der Waals surface area contributed by atoms with Gasteiger partial charge in [-0.3, -0.25) is 8.88 Å². The molecular formula is CH6O3P2. The van der Waals surface area contributed by atoms with Gasteiger partial charge in [0.15, 0.2) is 0 Å².